The molecule has 0 radical (unpaired) electrons. The van der Waals surface area contributed by atoms with Crippen molar-refractivity contribution in [3.63, 3.8) is 0 Å². The summed E-state index contributed by atoms with van der Waals surface area (Å²) in [6.07, 6.45) is 2.41. The molecule has 0 bridgehead atoms. The van der Waals surface area contributed by atoms with Gasteiger partial charge in [-0.1, -0.05) is 13.8 Å². The van der Waals surface area contributed by atoms with E-state index in [4.69, 9.17) is 4.74 Å². The molecule has 94 valence electrons. The Bertz CT molecular complexity index is 214. The second-order valence-corrected chi connectivity index (χ2v) is 5.95. The van der Waals surface area contributed by atoms with Gasteiger partial charge in [0.15, 0.2) is 0 Å². The van der Waals surface area contributed by atoms with Gasteiger partial charge in [0.2, 0.25) is 0 Å². The van der Waals surface area contributed by atoms with Gasteiger partial charge in [0.1, 0.15) is 0 Å². The molecule has 0 aromatic rings. The molecule has 2 N–H and O–H groups in total. The highest BCUT2D eigenvalue weighted by Gasteiger charge is 2.28. The number of hydrogen-bond acceptors (Lipinski definition) is 3. The molecule has 0 aromatic heterocycles. The summed E-state index contributed by atoms with van der Waals surface area (Å²) in [6, 6.07) is 0. The Kier molecular flexibility index (Phi) is 4.22. The number of rotatable bonds is 4. The van der Waals surface area contributed by atoms with E-state index in [1.54, 1.807) is 0 Å². The molecule has 2 atom stereocenters. The molecule has 2 heterocycles. The van der Waals surface area contributed by atoms with Crippen LogP contribution >= 0.6 is 0 Å². The molecule has 16 heavy (non-hydrogen) atoms. The molecular weight excluding hydrogens is 200 g/mol. The maximum atomic E-state index is 5.42. The van der Waals surface area contributed by atoms with E-state index in [1.807, 2.05) is 0 Å². The van der Waals surface area contributed by atoms with E-state index in [9.17, 15) is 0 Å². The first kappa shape index (κ1) is 12.3. The molecule has 2 aliphatic rings. The van der Waals surface area contributed by atoms with Gasteiger partial charge in [0.05, 0.1) is 0 Å². The highest BCUT2D eigenvalue weighted by molar-refractivity contribution is 4.83. The number of ether oxygens (including phenoxy) is 1. The lowest BCUT2D eigenvalue weighted by Gasteiger charge is -2.34. The van der Waals surface area contributed by atoms with E-state index in [0.717, 1.165) is 31.6 Å². The smallest absolute Gasteiger partial charge is 0.0471 e. The normalized spacial score (nSPS) is 34.1. The number of hydrogen-bond donors (Lipinski definition) is 2. The Morgan fingerprint density at radius 1 is 1.31 bits per heavy atom. The van der Waals surface area contributed by atoms with Crippen LogP contribution in [0.25, 0.3) is 0 Å². The zero-order chi connectivity index (χ0) is 11.4. The Balaban J connectivity index is 1.66. The first-order valence-electron chi connectivity index (χ1n) is 6.69. The van der Waals surface area contributed by atoms with Crippen molar-refractivity contribution in [1.29, 1.82) is 0 Å². The van der Waals surface area contributed by atoms with Gasteiger partial charge in [-0.2, -0.15) is 0 Å². The van der Waals surface area contributed by atoms with E-state index in [1.165, 1.54) is 32.5 Å². The summed E-state index contributed by atoms with van der Waals surface area (Å²) in [5.74, 6) is 1.65. The van der Waals surface area contributed by atoms with Crippen molar-refractivity contribution in [3.05, 3.63) is 0 Å². The molecule has 2 fully saturated rings. The first-order chi connectivity index (χ1) is 7.70. The molecule has 3 heteroatoms. The lowest BCUT2D eigenvalue weighted by atomic mass is 9.82. The van der Waals surface area contributed by atoms with Gasteiger partial charge >= 0.3 is 0 Å². The highest BCUT2D eigenvalue weighted by atomic mass is 16.5. The van der Waals surface area contributed by atoms with Gasteiger partial charge in [-0.25, -0.2) is 0 Å². The van der Waals surface area contributed by atoms with Crippen LogP contribution in [0.1, 0.15) is 26.7 Å². The predicted molar refractivity (Wildman–Crippen MR) is 66.6 cm³/mol. The van der Waals surface area contributed by atoms with Crippen LogP contribution in [-0.2, 0) is 4.74 Å². The molecule has 2 aliphatic heterocycles. The number of nitrogens with one attached hydrogen (secondary N) is 2. The minimum absolute atomic E-state index is 0.466. The van der Waals surface area contributed by atoms with Crippen molar-refractivity contribution >= 4 is 0 Å². The lowest BCUT2D eigenvalue weighted by molar-refractivity contribution is 0.0237. The van der Waals surface area contributed by atoms with E-state index in [-0.39, 0.29) is 0 Å². The van der Waals surface area contributed by atoms with Crippen LogP contribution in [0.15, 0.2) is 0 Å². The summed E-state index contributed by atoms with van der Waals surface area (Å²) in [4.78, 5) is 0. The van der Waals surface area contributed by atoms with Crippen molar-refractivity contribution in [1.82, 2.24) is 10.6 Å². The zero-order valence-corrected chi connectivity index (χ0v) is 10.7. The molecule has 2 rings (SSSR count). The maximum absolute atomic E-state index is 5.42. The molecule has 0 aromatic carbocycles. The van der Waals surface area contributed by atoms with Gasteiger partial charge in [0, 0.05) is 19.8 Å². The van der Waals surface area contributed by atoms with Gasteiger partial charge in [-0.05, 0) is 49.7 Å². The highest BCUT2D eigenvalue weighted by Crippen LogP contribution is 2.28. The van der Waals surface area contributed by atoms with Crippen LogP contribution < -0.4 is 10.6 Å². The molecule has 0 aliphatic carbocycles. The van der Waals surface area contributed by atoms with Crippen molar-refractivity contribution < 1.29 is 4.74 Å². The Morgan fingerprint density at radius 2 is 2.06 bits per heavy atom. The fraction of sp³-hybridized carbons (Fsp3) is 1.00. The zero-order valence-electron chi connectivity index (χ0n) is 10.7. The van der Waals surface area contributed by atoms with E-state index in [0.29, 0.717) is 5.41 Å². The van der Waals surface area contributed by atoms with Crippen LogP contribution in [-0.4, -0.2) is 39.4 Å². The van der Waals surface area contributed by atoms with Crippen LogP contribution in [0, 0.1) is 17.3 Å². The minimum atomic E-state index is 0.466. The maximum Gasteiger partial charge on any atom is 0.0471 e. The van der Waals surface area contributed by atoms with Crippen molar-refractivity contribution in [2.45, 2.75) is 26.7 Å². The second kappa shape index (κ2) is 5.48. The van der Waals surface area contributed by atoms with E-state index in [2.05, 4.69) is 24.5 Å². The SMILES string of the molecule is CC1CNCC1CNCC1(C)CCOCC1. The third-order valence-electron chi connectivity index (χ3n) is 4.34. The fourth-order valence-corrected chi connectivity index (χ4v) is 2.74. The summed E-state index contributed by atoms with van der Waals surface area (Å²) in [5, 5.41) is 7.13. The van der Waals surface area contributed by atoms with Crippen LogP contribution in [0.3, 0.4) is 0 Å². The van der Waals surface area contributed by atoms with Crippen molar-refractivity contribution in [3.8, 4) is 0 Å². The molecule has 3 nitrogen and oxygen atoms in total. The van der Waals surface area contributed by atoms with Gasteiger partial charge in [-0.3, -0.25) is 0 Å². The summed E-state index contributed by atoms with van der Waals surface area (Å²) >= 11 is 0. The summed E-state index contributed by atoms with van der Waals surface area (Å²) in [5.41, 5.74) is 0.466. The minimum Gasteiger partial charge on any atom is -0.381 e. The Labute approximate surface area is 99.3 Å². The Hall–Kier alpha value is -0.120. The van der Waals surface area contributed by atoms with Crippen LogP contribution in [0.4, 0.5) is 0 Å². The van der Waals surface area contributed by atoms with Crippen LogP contribution in [0.2, 0.25) is 0 Å². The predicted octanol–water partition coefficient (Wildman–Crippen LogP) is 1.25. The lowest BCUT2D eigenvalue weighted by Crippen LogP contribution is -2.39. The monoisotopic (exact) mass is 226 g/mol. The van der Waals surface area contributed by atoms with Crippen molar-refractivity contribution in [2.24, 2.45) is 17.3 Å². The standard InChI is InChI=1S/C13H26N2O/c1-11-7-14-8-12(11)9-15-10-13(2)3-5-16-6-4-13/h11-12,14-15H,3-10H2,1-2H3. The quantitative estimate of drug-likeness (QED) is 0.757. The molecule has 0 saturated carbocycles. The molecular formula is C13H26N2O. The van der Waals surface area contributed by atoms with E-state index >= 15 is 0 Å². The van der Waals surface area contributed by atoms with Gasteiger partial charge in [0.25, 0.3) is 0 Å². The molecule has 0 spiro atoms. The summed E-state index contributed by atoms with van der Waals surface area (Å²) in [6.45, 7) is 11.3. The first-order valence-corrected chi connectivity index (χ1v) is 6.69. The van der Waals surface area contributed by atoms with Crippen LogP contribution in [0.5, 0.6) is 0 Å². The van der Waals surface area contributed by atoms with Gasteiger partial charge in [-0.15, -0.1) is 0 Å². The van der Waals surface area contributed by atoms with E-state index < -0.39 is 0 Å². The average molecular weight is 226 g/mol. The molecule has 0 amide bonds. The average Bonchev–Trinajstić information content (AvgIpc) is 2.65. The summed E-state index contributed by atoms with van der Waals surface area (Å²) < 4.78 is 5.42. The third-order valence-corrected chi connectivity index (χ3v) is 4.34. The topological polar surface area (TPSA) is 33.3 Å². The largest absolute Gasteiger partial charge is 0.381 e. The fourth-order valence-electron chi connectivity index (χ4n) is 2.74. The third kappa shape index (κ3) is 3.19. The Morgan fingerprint density at radius 3 is 2.69 bits per heavy atom. The molecule has 2 unspecified atom stereocenters. The molecule has 2 saturated heterocycles. The van der Waals surface area contributed by atoms with Crippen molar-refractivity contribution in [2.75, 3.05) is 39.4 Å². The second-order valence-electron chi connectivity index (χ2n) is 5.95. The van der Waals surface area contributed by atoms with Gasteiger partial charge < -0.3 is 15.4 Å². The summed E-state index contributed by atoms with van der Waals surface area (Å²) in [7, 11) is 0.